The fraction of sp³-hybridized carbons (Fsp3) is 0.273. The third-order valence-electron chi connectivity index (χ3n) is 4.45. The van der Waals surface area contributed by atoms with Gasteiger partial charge in [0.15, 0.2) is 6.10 Å². The highest BCUT2D eigenvalue weighted by atomic mass is 16.5. The zero-order chi connectivity index (χ0) is 18.7. The van der Waals surface area contributed by atoms with E-state index >= 15 is 0 Å². The number of ether oxygens (including phenoxy) is 1. The van der Waals surface area contributed by atoms with Crippen LogP contribution >= 0.6 is 0 Å². The van der Waals surface area contributed by atoms with E-state index in [-0.39, 0.29) is 11.4 Å². The first kappa shape index (κ1) is 17.9. The summed E-state index contributed by atoms with van der Waals surface area (Å²) in [7, 11) is 0. The Labute approximate surface area is 152 Å². The number of carbonyl (C=O) groups excluding carboxylic acids is 1. The van der Waals surface area contributed by atoms with Gasteiger partial charge < -0.3 is 9.15 Å². The largest absolute Gasteiger partial charge is 0.482 e. The second-order valence-electron chi connectivity index (χ2n) is 6.40. The summed E-state index contributed by atoms with van der Waals surface area (Å²) in [5.74, 6) is 0.456. The maximum absolute atomic E-state index is 12.5. The summed E-state index contributed by atoms with van der Waals surface area (Å²) < 4.78 is 11.3. The first-order valence-electron chi connectivity index (χ1n) is 8.83. The lowest BCUT2D eigenvalue weighted by Crippen LogP contribution is -2.24. The van der Waals surface area contributed by atoms with Gasteiger partial charge in [-0.15, -0.1) is 0 Å². The number of hydrogen-bond acceptors (Lipinski definition) is 4. The Morgan fingerprint density at radius 1 is 1.15 bits per heavy atom. The van der Waals surface area contributed by atoms with E-state index in [2.05, 4.69) is 6.92 Å². The van der Waals surface area contributed by atoms with Crippen LogP contribution in [0.5, 0.6) is 5.75 Å². The van der Waals surface area contributed by atoms with Crippen molar-refractivity contribution in [3.05, 3.63) is 75.6 Å². The van der Waals surface area contributed by atoms with Gasteiger partial charge in [-0.3, -0.25) is 4.79 Å². The Morgan fingerprint density at radius 3 is 2.58 bits per heavy atom. The Morgan fingerprint density at radius 2 is 1.88 bits per heavy atom. The van der Waals surface area contributed by atoms with Crippen LogP contribution in [0.25, 0.3) is 11.0 Å². The number of ketones is 1. The van der Waals surface area contributed by atoms with Gasteiger partial charge in [0.2, 0.25) is 5.78 Å². The minimum Gasteiger partial charge on any atom is -0.482 e. The molecule has 0 saturated carbocycles. The number of carbonyl (C=O) groups is 1. The number of aryl methyl sites for hydroxylation is 2. The lowest BCUT2D eigenvalue weighted by atomic mass is 10.0. The summed E-state index contributed by atoms with van der Waals surface area (Å²) in [6.07, 6.45) is 1.11. The van der Waals surface area contributed by atoms with Gasteiger partial charge in [0.05, 0.1) is 0 Å². The van der Waals surface area contributed by atoms with E-state index in [1.54, 1.807) is 25.1 Å². The molecule has 1 aromatic heterocycles. The molecule has 0 unspecified atom stereocenters. The van der Waals surface area contributed by atoms with E-state index in [1.165, 1.54) is 0 Å². The van der Waals surface area contributed by atoms with E-state index < -0.39 is 6.10 Å². The van der Waals surface area contributed by atoms with Gasteiger partial charge in [-0.05, 0) is 38.0 Å². The fourth-order valence-electron chi connectivity index (χ4n) is 3.09. The van der Waals surface area contributed by atoms with Gasteiger partial charge in [-0.1, -0.05) is 43.7 Å². The molecule has 26 heavy (non-hydrogen) atoms. The number of benzene rings is 2. The Hall–Kier alpha value is -2.88. The van der Waals surface area contributed by atoms with Crippen LogP contribution in [-0.4, -0.2) is 11.9 Å². The molecule has 0 N–H and O–H groups in total. The highest BCUT2D eigenvalue weighted by molar-refractivity contribution is 5.99. The number of fused-ring (bicyclic) bond motifs is 1. The molecule has 0 aliphatic heterocycles. The molecular weight excluding hydrogens is 328 g/mol. The Bertz CT molecular complexity index is 986. The first-order valence-corrected chi connectivity index (χ1v) is 8.83. The van der Waals surface area contributed by atoms with Crippen molar-refractivity contribution >= 4 is 16.8 Å². The van der Waals surface area contributed by atoms with Crippen LogP contribution in [0.3, 0.4) is 0 Å². The topological polar surface area (TPSA) is 56.5 Å². The van der Waals surface area contributed by atoms with Gasteiger partial charge in [0.1, 0.15) is 11.3 Å². The number of Topliss-reactive ketones (excluding diaryl/α,β-unsaturated/α-hetero) is 1. The molecule has 134 valence electrons. The minimum absolute atomic E-state index is 0.0914. The smallest absolute Gasteiger partial charge is 0.336 e. The van der Waals surface area contributed by atoms with Crippen LogP contribution in [0, 0.1) is 6.92 Å². The zero-order valence-corrected chi connectivity index (χ0v) is 15.2. The van der Waals surface area contributed by atoms with E-state index in [0.29, 0.717) is 16.9 Å². The molecule has 0 aliphatic rings. The first-order chi connectivity index (χ1) is 12.5. The molecule has 3 rings (SSSR count). The lowest BCUT2D eigenvalue weighted by molar-refractivity contribution is 0.0817. The van der Waals surface area contributed by atoms with Crippen molar-refractivity contribution in [2.45, 2.75) is 39.7 Å². The molecule has 1 atom stereocenters. The van der Waals surface area contributed by atoms with Gasteiger partial charge in [-0.25, -0.2) is 4.79 Å². The quantitative estimate of drug-likeness (QED) is 0.477. The average Bonchev–Trinajstić information content (AvgIpc) is 2.64. The van der Waals surface area contributed by atoms with Crippen LogP contribution in [0.1, 0.15) is 41.8 Å². The van der Waals surface area contributed by atoms with Crippen molar-refractivity contribution in [3.8, 4) is 5.75 Å². The van der Waals surface area contributed by atoms with Crippen LogP contribution in [0.15, 0.2) is 57.7 Å². The molecule has 3 aromatic rings. The molecule has 1 heterocycles. The van der Waals surface area contributed by atoms with Crippen molar-refractivity contribution in [1.82, 2.24) is 0 Å². The fourth-order valence-corrected chi connectivity index (χ4v) is 3.09. The van der Waals surface area contributed by atoms with Crippen molar-refractivity contribution in [3.63, 3.8) is 0 Å². The Balaban J connectivity index is 1.95. The predicted octanol–water partition coefficient (Wildman–Crippen LogP) is 4.70. The van der Waals surface area contributed by atoms with Crippen molar-refractivity contribution < 1.29 is 13.9 Å². The van der Waals surface area contributed by atoms with Crippen molar-refractivity contribution in [2.75, 3.05) is 0 Å². The summed E-state index contributed by atoms with van der Waals surface area (Å²) in [4.78, 5) is 24.4. The second kappa shape index (κ2) is 7.56. The van der Waals surface area contributed by atoms with E-state index in [0.717, 1.165) is 29.4 Å². The van der Waals surface area contributed by atoms with Crippen LogP contribution < -0.4 is 10.4 Å². The predicted molar refractivity (Wildman–Crippen MR) is 102 cm³/mol. The molecule has 2 aromatic carbocycles. The summed E-state index contributed by atoms with van der Waals surface area (Å²) in [6.45, 7) is 5.64. The van der Waals surface area contributed by atoms with Crippen molar-refractivity contribution in [1.29, 1.82) is 0 Å². The SMILES string of the molecule is CCCc1cc(=O)oc2c(C)c(O[C@H](C)C(=O)c3ccccc3)ccc12. The van der Waals surface area contributed by atoms with Gasteiger partial charge in [0, 0.05) is 22.6 Å². The van der Waals surface area contributed by atoms with Crippen LogP contribution in [0.2, 0.25) is 0 Å². The molecule has 0 amide bonds. The second-order valence-corrected chi connectivity index (χ2v) is 6.40. The molecule has 0 saturated heterocycles. The lowest BCUT2D eigenvalue weighted by Gasteiger charge is -2.17. The maximum Gasteiger partial charge on any atom is 0.336 e. The third kappa shape index (κ3) is 3.54. The highest BCUT2D eigenvalue weighted by Gasteiger charge is 2.19. The van der Waals surface area contributed by atoms with Gasteiger partial charge in [-0.2, -0.15) is 0 Å². The van der Waals surface area contributed by atoms with Gasteiger partial charge >= 0.3 is 5.63 Å². The minimum atomic E-state index is -0.640. The summed E-state index contributed by atoms with van der Waals surface area (Å²) in [5.41, 5.74) is 2.47. The van der Waals surface area contributed by atoms with Crippen LogP contribution in [-0.2, 0) is 6.42 Å². The standard InChI is InChI=1S/C22H22O4/c1-4-8-17-13-20(23)26-22-14(2)19(12-11-18(17)22)25-15(3)21(24)16-9-6-5-7-10-16/h5-7,9-13,15H,4,8H2,1-3H3/t15-/m1/s1. The maximum atomic E-state index is 12.5. The highest BCUT2D eigenvalue weighted by Crippen LogP contribution is 2.29. The Kier molecular flexibility index (Phi) is 5.21. The molecule has 0 spiro atoms. The molecule has 0 aliphatic carbocycles. The molecule has 0 bridgehead atoms. The summed E-state index contributed by atoms with van der Waals surface area (Å²) in [6, 6.07) is 14.3. The number of hydrogen-bond donors (Lipinski definition) is 0. The number of rotatable bonds is 6. The third-order valence-corrected chi connectivity index (χ3v) is 4.45. The van der Waals surface area contributed by atoms with E-state index in [4.69, 9.17) is 9.15 Å². The monoisotopic (exact) mass is 350 g/mol. The molecule has 4 nitrogen and oxygen atoms in total. The zero-order valence-electron chi connectivity index (χ0n) is 15.2. The van der Waals surface area contributed by atoms with Gasteiger partial charge in [0.25, 0.3) is 0 Å². The van der Waals surface area contributed by atoms with Crippen molar-refractivity contribution in [2.24, 2.45) is 0 Å². The summed E-state index contributed by atoms with van der Waals surface area (Å²) in [5, 5.41) is 0.915. The summed E-state index contributed by atoms with van der Waals surface area (Å²) >= 11 is 0. The average molecular weight is 350 g/mol. The van der Waals surface area contributed by atoms with E-state index in [1.807, 2.05) is 37.3 Å². The van der Waals surface area contributed by atoms with E-state index in [9.17, 15) is 9.59 Å². The molecular formula is C22H22O4. The molecule has 0 radical (unpaired) electrons. The van der Waals surface area contributed by atoms with Crippen LogP contribution in [0.4, 0.5) is 0 Å². The normalized spacial score (nSPS) is 12.1. The molecule has 0 fully saturated rings. The molecule has 4 heteroatoms.